The van der Waals surface area contributed by atoms with Crippen molar-refractivity contribution >= 4 is 70.9 Å². The minimum absolute atomic E-state index is 0.0481. The third-order valence-electron chi connectivity index (χ3n) is 19.8. The Kier molecular flexibility index (Phi) is 35.4. The number of carbonyl (C=O) groups excluding carboxylic acids is 12. The van der Waals surface area contributed by atoms with Crippen LogP contribution in [0.15, 0.2) is 0 Å². The number of nitrogens with one attached hydrogen (secondary N) is 5. The van der Waals surface area contributed by atoms with Crippen molar-refractivity contribution in [1.29, 1.82) is 0 Å². The summed E-state index contributed by atoms with van der Waals surface area (Å²) >= 11 is 0. The molecule has 98 heavy (non-hydrogen) atoms. The van der Waals surface area contributed by atoms with E-state index in [0.717, 1.165) is 43.4 Å². The van der Waals surface area contributed by atoms with Crippen molar-refractivity contribution in [2.75, 3.05) is 108 Å². The number of amides is 12. The standard InChI is InChI=1S/C71H125N13O14/c1-18-21-31-84-41-61(87)79(14)58(38-49-28-24-22-25-29-49)70(95)82(17)57(37-47(8)9)66(91)73-51(35-45(4)5)67(92)81(16)56(36-46(6)7)65(90)74-52(68(93)83-32-26-23-27-33-83)39-59(85)77(12)40-60(86)78(13)54(19-2)64(89)76-62(48(10)11)71(96)80(15)55(20-3)63(88)75-53(69(84)94)44-98-43-50-42-97-34-30-72-50/h45-58,62,72H,18-44H2,1-17H3,(H,73,91)(H,74,90)(H,75,88)(H,76,89)/t50-,51-,52-,53-,54-,55-,56-,57-,58-,62-/m0/s1. The van der Waals surface area contributed by atoms with E-state index >= 15 is 24.0 Å². The Hall–Kier alpha value is -6.48. The molecule has 3 heterocycles. The molecule has 4 rings (SSSR count). The summed E-state index contributed by atoms with van der Waals surface area (Å²) in [4.78, 5) is 189. The molecule has 10 atom stereocenters. The van der Waals surface area contributed by atoms with Crippen LogP contribution in [0, 0.1) is 29.6 Å². The summed E-state index contributed by atoms with van der Waals surface area (Å²) in [6.45, 7) is 21.2. The van der Waals surface area contributed by atoms with E-state index < -0.39 is 151 Å². The Labute approximate surface area is 584 Å². The molecule has 1 aliphatic carbocycles. The van der Waals surface area contributed by atoms with Crippen molar-refractivity contribution in [3.8, 4) is 0 Å². The molecule has 5 N–H and O–H groups in total. The number of morpholine rings is 1. The van der Waals surface area contributed by atoms with E-state index in [1.165, 1.54) is 71.7 Å². The zero-order valence-electron chi connectivity index (χ0n) is 62.5. The molecule has 27 nitrogen and oxygen atoms in total. The molecular formula is C71H125N13O14. The number of unbranched alkanes of at least 4 members (excludes halogenated alkanes) is 1. The number of piperidine rings is 1. The Morgan fingerprint density at radius 2 is 1.04 bits per heavy atom. The minimum atomic E-state index is -1.42. The zero-order valence-corrected chi connectivity index (χ0v) is 62.5. The van der Waals surface area contributed by atoms with Crippen LogP contribution in [-0.2, 0) is 67.0 Å². The van der Waals surface area contributed by atoms with E-state index in [0.29, 0.717) is 58.5 Å². The minimum Gasteiger partial charge on any atom is -0.378 e. The van der Waals surface area contributed by atoms with Gasteiger partial charge in [0.1, 0.15) is 54.4 Å². The van der Waals surface area contributed by atoms with Crippen molar-refractivity contribution in [2.24, 2.45) is 29.6 Å². The van der Waals surface area contributed by atoms with Crippen LogP contribution >= 0.6 is 0 Å². The fraction of sp³-hybridized carbons (Fsp3) is 0.831. The highest BCUT2D eigenvalue weighted by Crippen LogP contribution is 2.30. The fourth-order valence-electron chi connectivity index (χ4n) is 13.6. The van der Waals surface area contributed by atoms with Crippen LogP contribution in [0.3, 0.4) is 0 Å². The number of ether oxygens (including phenoxy) is 2. The molecule has 0 aromatic carbocycles. The van der Waals surface area contributed by atoms with Gasteiger partial charge < -0.3 is 75.3 Å². The number of nitrogens with zero attached hydrogens (tertiary/aromatic N) is 8. The predicted octanol–water partition coefficient (Wildman–Crippen LogP) is 3.15. The second-order valence-corrected chi connectivity index (χ2v) is 29.5. The lowest BCUT2D eigenvalue weighted by atomic mass is 9.84. The summed E-state index contributed by atoms with van der Waals surface area (Å²) < 4.78 is 11.8. The van der Waals surface area contributed by atoms with Gasteiger partial charge in [0.25, 0.3) is 0 Å². The highest BCUT2D eigenvalue weighted by Gasteiger charge is 2.43. The molecule has 3 saturated heterocycles. The van der Waals surface area contributed by atoms with Crippen LogP contribution in [0.2, 0.25) is 0 Å². The first-order valence-corrected chi connectivity index (χ1v) is 36.5. The van der Waals surface area contributed by atoms with E-state index in [4.69, 9.17) is 9.47 Å². The van der Waals surface area contributed by atoms with Gasteiger partial charge in [0, 0.05) is 68.5 Å². The molecule has 0 bridgehead atoms. The van der Waals surface area contributed by atoms with Gasteiger partial charge in [-0.3, -0.25) is 57.5 Å². The summed E-state index contributed by atoms with van der Waals surface area (Å²) in [7, 11) is 8.74. The molecule has 0 spiro atoms. The molecule has 0 aromatic heterocycles. The quantitative estimate of drug-likeness (QED) is 0.124. The van der Waals surface area contributed by atoms with Crippen molar-refractivity contribution in [1.82, 2.24) is 65.8 Å². The second-order valence-electron chi connectivity index (χ2n) is 29.5. The molecule has 12 amide bonds. The Morgan fingerprint density at radius 3 is 1.59 bits per heavy atom. The van der Waals surface area contributed by atoms with Gasteiger partial charge in [-0.2, -0.15) is 0 Å². The molecule has 4 aliphatic rings. The summed E-state index contributed by atoms with van der Waals surface area (Å²) in [6.07, 6.45) is 8.19. The van der Waals surface area contributed by atoms with Gasteiger partial charge in [-0.1, -0.05) is 115 Å². The summed E-state index contributed by atoms with van der Waals surface area (Å²) in [5.41, 5.74) is 0. The predicted molar refractivity (Wildman–Crippen MR) is 373 cm³/mol. The van der Waals surface area contributed by atoms with Crippen molar-refractivity contribution in [3.05, 3.63) is 0 Å². The summed E-state index contributed by atoms with van der Waals surface area (Å²) in [6, 6.07) is -11.2. The van der Waals surface area contributed by atoms with Crippen LogP contribution in [-0.4, -0.2) is 278 Å². The highest BCUT2D eigenvalue weighted by molar-refractivity contribution is 5.99. The van der Waals surface area contributed by atoms with Gasteiger partial charge in [-0.15, -0.1) is 0 Å². The number of likely N-dealkylation sites (tertiary alicyclic amines) is 1. The Morgan fingerprint density at radius 1 is 0.531 bits per heavy atom. The molecule has 0 radical (unpaired) electrons. The summed E-state index contributed by atoms with van der Waals surface area (Å²) in [5, 5.41) is 14.9. The van der Waals surface area contributed by atoms with E-state index in [-0.39, 0.29) is 88.0 Å². The molecule has 4 fully saturated rings. The fourth-order valence-corrected chi connectivity index (χ4v) is 13.6. The number of rotatable bonds is 19. The first-order chi connectivity index (χ1) is 46.3. The van der Waals surface area contributed by atoms with Crippen molar-refractivity contribution in [2.45, 2.75) is 246 Å². The van der Waals surface area contributed by atoms with E-state index in [1.807, 2.05) is 48.5 Å². The Bertz CT molecular complexity index is 2640. The maximum absolute atomic E-state index is 15.5. The third kappa shape index (κ3) is 25.0. The lowest BCUT2D eigenvalue weighted by molar-refractivity contribution is -0.151. The lowest BCUT2D eigenvalue weighted by Crippen LogP contribution is -2.61. The SMILES string of the molecule is CCCCN1CC(=O)N(C)[C@@H](CC2CCCCC2)C(=O)N(C)[C@@H](CC(C)C)C(=O)N[C@@H](CC(C)C)C(=O)N(C)[C@@H](CC(C)C)C(=O)N[C@H](C(=O)N2CCCCC2)CC(=O)N(C)CC(=O)N(C)[C@@H](CC)C(=O)N[C@@H](C(C)C)C(=O)N(C)[C@@H](CC)C(=O)N[C@@H](COC[C@@H]2COCCN2)C1=O. The number of carbonyl (C=O) groups is 12. The molecule has 27 heteroatoms. The summed E-state index contributed by atoms with van der Waals surface area (Å²) in [5.74, 6) is -8.51. The molecule has 0 unspecified atom stereocenters. The van der Waals surface area contributed by atoms with Gasteiger partial charge >= 0.3 is 0 Å². The smallest absolute Gasteiger partial charge is 0.248 e. The average molecular weight is 1380 g/mol. The molecule has 1 saturated carbocycles. The largest absolute Gasteiger partial charge is 0.378 e. The van der Waals surface area contributed by atoms with Gasteiger partial charge in [0.15, 0.2) is 0 Å². The molecule has 0 aromatic rings. The van der Waals surface area contributed by atoms with Crippen LogP contribution in [0.5, 0.6) is 0 Å². The maximum Gasteiger partial charge on any atom is 0.248 e. The zero-order chi connectivity index (χ0) is 73.2. The first-order valence-electron chi connectivity index (χ1n) is 36.5. The monoisotopic (exact) mass is 1380 g/mol. The molecule has 558 valence electrons. The maximum atomic E-state index is 15.5. The van der Waals surface area contributed by atoms with E-state index in [9.17, 15) is 33.6 Å². The van der Waals surface area contributed by atoms with Crippen LogP contribution in [0.4, 0.5) is 0 Å². The first kappa shape index (κ1) is 83.9. The van der Waals surface area contributed by atoms with Crippen molar-refractivity contribution in [3.63, 3.8) is 0 Å². The number of likely N-dealkylation sites (N-methyl/N-ethyl adjacent to an activating group) is 6. The van der Waals surface area contributed by atoms with E-state index in [2.05, 4.69) is 26.6 Å². The normalized spacial score (nSPS) is 27.1. The number of hydrogen-bond acceptors (Lipinski definition) is 15. The van der Waals surface area contributed by atoms with E-state index in [1.54, 1.807) is 32.6 Å². The third-order valence-corrected chi connectivity index (χ3v) is 19.8. The van der Waals surface area contributed by atoms with Gasteiger partial charge in [0.05, 0.1) is 52.0 Å². The van der Waals surface area contributed by atoms with Gasteiger partial charge in [-0.25, -0.2) is 0 Å². The molecular weight excluding hydrogens is 1260 g/mol. The molecule has 3 aliphatic heterocycles. The van der Waals surface area contributed by atoms with Gasteiger partial charge in [-0.05, 0) is 93.8 Å². The van der Waals surface area contributed by atoms with Gasteiger partial charge in [0.2, 0.25) is 70.9 Å². The van der Waals surface area contributed by atoms with Crippen LogP contribution < -0.4 is 26.6 Å². The number of hydrogen-bond donors (Lipinski definition) is 5. The van der Waals surface area contributed by atoms with Crippen LogP contribution in [0.1, 0.15) is 185 Å². The lowest BCUT2D eigenvalue weighted by Gasteiger charge is -2.38. The van der Waals surface area contributed by atoms with Crippen molar-refractivity contribution < 1.29 is 67.0 Å². The van der Waals surface area contributed by atoms with Crippen LogP contribution in [0.25, 0.3) is 0 Å². The highest BCUT2D eigenvalue weighted by atomic mass is 16.5. The average Bonchev–Trinajstić information content (AvgIpc) is 0.834. The Balaban J connectivity index is 1.92. The topological polar surface area (TPSA) is 309 Å². The second kappa shape index (κ2) is 41.3.